The summed E-state index contributed by atoms with van der Waals surface area (Å²) in [6, 6.07) is 2.00. The number of guanidine groups is 1. The molecule has 2 aromatic rings. The number of aromatic amines is 1. The highest BCUT2D eigenvalue weighted by atomic mass is 16.1. The fraction of sp³-hybridized carbons (Fsp3) is 0.562. The standard InChI is InChI=1S/C16H27N7O/c1-12-10-13-11-23(16(24)22-14(13)21-12)9-4-2-3-6-19-7-5-8-20-15(17)18/h10-11,19H,2-9H2,1H3,(H4,17,18,20)(H,21,22,24). The molecule has 0 saturated carbocycles. The Labute approximate surface area is 141 Å². The molecule has 0 aliphatic rings. The van der Waals surface area contributed by atoms with Crippen LogP contribution >= 0.6 is 0 Å². The number of nitrogens with two attached hydrogens (primary N) is 2. The van der Waals surface area contributed by atoms with Crippen LogP contribution in [0.15, 0.2) is 22.1 Å². The summed E-state index contributed by atoms with van der Waals surface area (Å²) in [7, 11) is 0. The van der Waals surface area contributed by atoms with Crippen LogP contribution in [0.25, 0.3) is 11.0 Å². The van der Waals surface area contributed by atoms with Crippen LogP contribution in [0, 0.1) is 6.92 Å². The van der Waals surface area contributed by atoms with E-state index in [4.69, 9.17) is 11.5 Å². The monoisotopic (exact) mass is 333 g/mol. The van der Waals surface area contributed by atoms with Crippen molar-refractivity contribution in [3.8, 4) is 0 Å². The average Bonchev–Trinajstić information content (AvgIpc) is 2.87. The SMILES string of the molecule is Cc1cc2cn(CCCCCNCCCN=C(N)N)c(=O)nc2[nH]1. The molecule has 0 bridgehead atoms. The number of rotatable bonds is 10. The summed E-state index contributed by atoms with van der Waals surface area (Å²) in [6.45, 7) is 5.19. The highest BCUT2D eigenvalue weighted by Gasteiger charge is 2.03. The summed E-state index contributed by atoms with van der Waals surface area (Å²) in [6.07, 6.45) is 5.92. The summed E-state index contributed by atoms with van der Waals surface area (Å²) < 4.78 is 1.69. The van der Waals surface area contributed by atoms with E-state index < -0.39 is 0 Å². The van der Waals surface area contributed by atoms with E-state index in [1.807, 2.05) is 19.2 Å². The van der Waals surface area contributed by atoms with Crippen LogP contribution in [0.4, 0.5) is 0 Å². The largest absolute Gasteiger partial charge is 0.370 e. The lowest BCUT2D eigenvalue weighted by molar-refractivity contribution is 0.544. The van der Waals surface area contributed by atoms with Gasteiger partial charge in [-0.1, -0.05) is 6.42 Å². The van der Waals surface area contributed by atoms with Gasteiger partial charge in [-0.25, -0.2) is 4.79 Å². The van der Waals surface area contributed by atoms with Gasteiger partial charge in [0.25, 0.3) is 0 Å². The van der Waals surface area contributed by atoms with Gasteiger partial charge in [-0.2, -0.15) is 4.98 Å². The van der Waals surface area contributed by atoms with Gasteiger partial charge in [-0.15, -0.1) is 0 Å². The minimum absolute atomic E-state index is 0.146. The highest BCUT2D eigenvalue weighted by molar-refractivity contribution is 5.75. The zero-order valence-electron chi connectivity index (χ0n) is 14.2. The summed E-state index contributed by atoms with van der Waals surface area (Å²) in [5, 5.41) is 4.34. The minimum atomic E-state index is -0.192. The number of aromatic nitrogens is 3. The van der Waals surface area contributed by atoms with E-state index in [0.29, 0.717) is 18.7 Å². The van der Waals surface area contributed by atoms with Crippen molar-refractivity contribution in [3.05, 3.63) is 28.4 Å². The molecular formula is C16H27N7O. The molecule has 0 aliphatic carbocycles. The van der Waals surface area contributed by atoms with Gasteiger partial charge in [-0.3, -0.25) is 9.56 Å². The lowest BCUT2D eigenvalue weighted by Gasteiger charge is -2.06. The molecule has 0 spiro atoms. The fourth-order valence-electron chi connectivity index (χ4n) is 2.58. The molecule has 2 aromatic heterocycles. The molecule has 24 heavy (non-hydrogen) atoms. The van der Waals surface area contributed by atoms with Crippen LogP contribution in [-0.4, -0.2) is 40.1 Å². The van der Waals surface area contributed by atoms with Crippen molar-refractivity contribution >= 4 is 17.0 Å². The molecule has 0 aromatic carbocycles. The van der Waals surface area contributed by atoms with Gasteiger partial charge in [-0.05, 0) is 45.3 Å². The molecule has 0 atom stereocenters. The number of unbranched alkanes of at least 4 members (excludes halogenated alkanes) is 2. The molecular weight excluding hydrogens is 306 g/mol. The summed E-state index contributed by atoms with van der Waals surface area (Å²) >= 11 is 0. The topological polar surface area (TPSA) is 127 Å². The number of aliphatic imine (C=N–C) groups is 1. The Balaban J connectivity index is 1.62. The first-order chi connectivity index (χ1) is 11.6. The lowest BCUT2D eigenvalue weighted by atomic mass is 10.2. The number of nitrogens with zero attached hydrogens (tertiary/aromatic N) is 3. The summed E-state index contributed by atoms with van der Waals surface area (Å²) in [5.41, 5.74) is 12.0. The minimum Gasteiger partial charge on any atom is -0.370 e. The first-order valence-electron chi connectivity index (χ1n) is 8.39. The van der Waals surface area contributed by atoms with Crippen molar-refractivity contribution < 1.29 is 0 Å². The zero-order valence-corrected chi connectivity index (χ0v) is 14.2. The third kappa shape index (κ3) is 5.69. The molecule has 8 nitrogen and oxygen atoms in total. The average molecular weight is 333 g/mol. The second-order valence-corrected chi connectivity index (χ2v) is 5.94. The van der Waals surface area contributed by atoms with Crippen molar-refractivity contribution in [3.63, 3.8) is 0 Å². The van der Waals surface area contributed by atoms with Gasteiger partial charge >= 0.3 is 5.69 Å². The highest BCUT2D eigenvalue weighted by Crippen LogP contribution is 2.10. The van der Waals surface area contributed by atoms with Gasteiger partial charge in [0.15, 0.2) is 5.96 Å². The Kier molecular flexibility index (Phi) is 6.80. The molecule has 0 fully saturated rings. The molecule has 132 valence electrons. The maximum Gasteiger partial charge on any atom is 0.349 e. The van der Waals surface area contributed by atoms with Crippen molar-refractivity contribution in [1.29, 1.82) is 0 Å². The molecule has 2 heterocycles. The Bertz CT molecular complexity index is 728. The van der Waals surface area contributed by atoms with Crippen LogP contribution in [-0.2, 0) is 6.54 Å². The predicted octanol–water partition coefficient (Wildman–Crippen LogP) is 0.456. The first-order valence-corrected chi connectivity index (χ1v) is 8.39. The van der Waals surface area contributed by atoms with Crippen LogP contribution in [0.5, 0.6) is 0 Å². The Morgan fingerprint density at radius 3 is 2.88 bits per heavy atom. The second kappa shape index (κ2) is 9.07. The van der Waals surface area contributed by atoms with E-state index in [1.54, 1.807) is 4.57 Å². The Morgan fingerprint density at radius 1 is 1.29 bits per heavy atom. The van der Waals surface area contributed by atoms with Gasteiger partial charge in [0, 0.05) is 30.4 Å². The quantitative estimate of drug-likeness (QED) is 0.285. The van der Waals surface area contributed by atoms with E-state index in [9.17, 15) is 4.79 Å². The molecule has 0 aliphatic heterocycles. The van der Waals surface area contributed by atoms with Gasteiger partial charge < -0.3 is 21.8 Å². The molecule has 6 N–H and O–H groups in total. The van der Waals surface area contributed by atoms with Crippen molar-refractivity contribution in [2.24, 2.45) is 16.5 Å². The summed E-state index contributed by atoms with van der Waals surface area (Å²) in [5.74, 6) is 0.146. The van der Waals surface area contributed by atoms with E-state index in [0.717, 1.165) is 49.9 Å². The van der Waals surface area contributed by atoms with Crippen LogP contribution in [0.3, 0.4) is 0 Å². The number of hydrogen-bond acceptors (Lipinski definition) is 4. The zero-order chi connectivity index (χ0) is 17.4. The van der Waals surface area contributed by atoms with Crippen LogP contribution in [0.1, 0.15) is 31.4 Å². The maximum atomic E-state index is 11.9. The molecule has 8 heteroatoms. The number of hydrogen-bond donors (Lipinski definition) is 4. The number of nitrogens with one attached hydrogen (secondary N) is 2. The Morgan fingerprint density at radius 2 is 2.08 bits per heavy atom. The van der Waals surface area contributed by atoms with Gasteiger partial charge in [0.2, 0.25) is 0 Å². The first kappa shape index (κ1) is 18.0. The van der Waals surface area contributed by atoms with Crippen molar-refractivity contribution in [2.45, 2.75) is 39.2 Å². The molecule has 0 radical (unpaired) electrons. The number of aryl methyl sites for hydroxylation is 2. The number of fused-ring (bicyclic) bond motifs is 1. The second-order valence-electron chi connectivity index (χ2n) is 5.94. The van der Waals surface area contributed by atoms with Crippen molar-refractivity contribution in [2.75, 3.05) is 19.6 Å². The van der Waals surface area contributed by atoms with Gasteiger partial charge in [0.1, 0.15) is 5.65 Å². The van der Waals surface area contributed by atoms with Crippen LogP contribution in [0.2, 0.25) is 0 Å². The van der Waals surface area contributed by atoms with Gasteiger partial charge in [0.05, 0.1) is 0 Å². The predicted molar refractivity (Wildman–Crippen MR) is 97.1 cm³/mol. The third-order valence-corrected chi connectivity index (χ3v) is 3.77. The van der Waals surface area contributed by atoms with E-state index in [-0.39, 0.29) is 11.6 Å². The fourth-order valence-corrected chi connectivity index (χ4v) is 2.58. The third-order valence-electron chi connectivity index (χ3n) is 3.77. The Hall–Kier alpha value is -2.35. The number of H-pyrrole nitrogens is 1. The van der Waals surface area contributed by atoms with E-state index in [1.165, 1.54) is 0 Å². The van der Waals surface area contributed by atoms with Crippen molar-refractivity contribution in [1.82, 2.24) is 19.9 Å². The smallest absolute Gasteiger partial charge is 0.349 e. The summed E-state index contributed by atoms with van der Waals surface area (Å²) in [4.78, 5) is 23.0. The molecule has 2 rings (SSSR count). The molecule has 0 amide bonds. The molecule has 0 unspecified atom stereocenters. The van der Waals surface area contributed by atoms with E-state index in [2.05, 4.69) is 20.3 Å². The molecule has 0 saturated heterocycles. The van der Waals surface area contributed by atoms with E-state index >= 15 is 0 Å². The van der Waals surface area contributed by atoms with Crippen LogP contribution < -0.4 is 22.5 Å². The normalized spacial score (nSPS) is 11.0. The lowest BCUT2D eigenvalue weighted by Crippen LogP contribution is -2.24. The maximum absolute atomic E-state index is 11.9.